The van der Waals surface area contributed by atoms with E-state index < -0.39 is 29.6 Å². The quantitative estimate of drug-likeness (QED) is 0.270. The molecule has 3 unspecified atom stereocenters. The molecule has 1 saturated heterocycles. The third-order valence-electron chi connectivity index (χ3n) is 7.98. The van der Waals surface area contributed by atoms with Gasteiger partial charge < -0.3 is 19.9 Å². The van der Waals surface area contributed by atoms with Crippen molar-refractivity contribution >= 4 is 11.9 Å². The molecule has 3 atom stereocenters. The lowest BCUT2D eigenvalue weighted by Crippen LogP contribution is -2.58. The first-order valence-electron chi connectivity index (χ1n) is 14.2. The number of ether oxygens (including phenoxy) is 2. The number of carbonyl (C=O) groups excluding carboxylic acids is 2. The topological polar surface area (TPSA) is 88.1 Å². The predicted octanol–water partition coefficient (Wildman–Crippen LogP) is 5.64. The van der Waals surface area contributed by atoms with Gasteiger partial charge in [-0.15, -0.1) is 0 Å². The first-order chi connectivity index (χ1) is 20.5. The fraction of sp³-hybridized carbons (Fsp3) is 0.375. The molecule has 11 heteroatoms. The number of amides is 1. The van der Waals surface area contributed by atoms with Crippen molar-refractivity contribution in [2.24, 2.45) is 0 Å². The maximum Gasteiger partial charge on any atom is 0.491 e. The van der Waals surface area contributed by atoms with Gasteiger partial charge in [-0.25, -0.2) is 9.18 Å². The summed E-state index contributed by atoms with van der Waals surface area (Å²) in [5.41, 5.74) is -1.22. The van der Waals surface area contributed by atoms with Gasteiger partial charge in [0.05, 0.1) is 0 Å². The standard InChI is InChI=1S/C32H32F4N2O5/c1-20(28-4-2-3-16-37-28)42-26-12-5-21(6-13-26)19-31(43-30(41)32(34,35)36)27-14-11-25(39)18-23(27)15-17-38(31)29(40)22-7-9-24(33)10-8-22/h5-14,18,20,28,37,39H,2-4,15-17,19H2,1H3. The Morgan fingerprint density at radius 3 is 2.44 bits per heavy atom. The lowest BCUT2D eigenvalue weighted by Gasteiger charge is -2.47. The fourth-order valence-corrected chi connectivity index (χ4v) is 5.83. The van der Waals surface area contributed by atoms with E-state index in [9.17, 15) is 32.3 Å². The van der Waals surface area contributed by atoms with E-state index in [1.54, 1.807) is 24.3 Å². The van der Waals surface area contributed by atoms with E-state index in [0.717, 1.165) is 42.8 Å². The molecule has 1 fully saturated rings. The normalized spacial score (nSPS) is 21.0. The van der Waals surface area contributed by atoms with E-state index in [1.165, 1.54) is 30.3 Å². The molecule has 7 nitrogen and oxygen atoms in total. The highest BCUT2D eigenvalue weighted by molar-refractivity contribution is 5.95. The Morgan fingerprint density at radius 2 is 1.79 bits per heavy atom. The second-order valence-corrected chi connectivity index (χ2v) is 10.9. The van der Waals surface area contributed by atoms with Crippen molar-refractivity contribution in [3.8, 4) is 11.5 Å². The zero-order valence-electron chi connectivity index (χ0n) is 23.5. The van der Waals surface area contributed by atoms with Crippen LogP contribution in [-0.4, -0.2) is 53.3 Å². The summed E-state index contributed by atoms with van der Waals surface area (Å²) in [7, 11) is 0. The van der Waals surface area contributed by atoms with E-state index >= 15 is 0 Å². The number of piperidine rings is 1. The van der Waals surface area contributed by atoms with Gasteiger partial charge >= 0.3 is 12.1 Å². The average molecular weight is 601 g/mol. The van der Waals surface area contributed by atoms with Crippen molar-refractivity contribution in [1.82, 2.24) is 10.2 Å². The highest BCUT2D eigenvalue weighted by Gasteiger charge is 2.53. The molecule has 2 heterocycles. The Balaban J connectivity index is 1.54. The van der Waals surface area contributed by atoms with Crippen LogP contribution in [0, 0.1) is 5.82 Å². The Kier molecular flexibility index (Phi) is 8.64. The number of hydrogen-bond donors (Lipinski definition) is 2. The first kappa shape index (κ1) is 30.3. The molecule has 2 N–H and O–H groups in total. The third kappa shape index (κ3) is 6.61. The van der Waals surface area contributed by atoms with E-state index in [4.69, 9.17) is 9.47 Å². The Hall–Kier alpha value is -4.12. The van der Waals surface area contributed by atoms with Gasteiger partial charge in [-0.2, -0.15) is 13.2 Å². The maximum absolute atomic E-state index is 13.8. The second-order valence-electron chi connectivity index (χ2n) is 10.9. The van der Waals surface area contributed by atoms with Crippen LogP contribution in [-0.2, 0) is 28.1 Å². The van der Waals surface area contributed by atoms with Gasteiger partial charge in [0.1, 0.15) is 23.4 Å². The number of alkyl halides is 3. The van der Waals surface area contributed by atoms with Crippen molar-refractivity contribution in [2.75, 3.05) is 13.1 Å². The molecule has 0 spiro atoms. The number of halogens is 4. The summed E-state index contributed by atoms with van der Waals surface area (Å²) in [6.45, 7) is 2.75. The SMILES string of the molecule is CC(Oc1ccc(CC2(OC(=O)C(F)(F)F)c3ccc(O)cc3CCN2C(=O)c2ccc(F)cc2)cc1)C1CCCCN1. The molecule has 5 rings (SSSR count). The van der Waals surface area contributed by atoms with Crippen molar-refractivity contribution in [1.29, 1.82) is 0 Å². The van der Waals surface area contributed by atoms with Gasteiger partial charge in [0.25, 0.3) is 5.91 Å². The lowest BCUT2D eigenvalue weighted by molar-refractivity contribution is -0.231. The van der Waals surface area contributed by atoms with Crippen LogP contribution in [0.25, 0.3) is 0 Å². The number of phenols is 1. The largest absolute Gasteiger partial charge is 0.508 e. The summed E-state index contributed by atoms with van der Waals surface area (Å²) in [4.78, 5) is 27.3. The van der Waals surface area contributed by atoms with Crippen LogP contribution in [0.15, 0.2) is 66.7 Å². The minimum Gasteiger partial charge on any atom is -0.508 e. The average Bonchev–Trinajstić information content (AvgIpc) is 2.98. The number of nitrogens with zero attached hydrogens (tertiary/aromatic N) is 1. The lowest BCUT2D eigenvalue weighted by atomic mass is 9.84. The van der Waals surface area contributed by atoms with E-state index in [-0.39, 0.29) is 48.4 Å². The van der Waals surface area contributed by atoms with E-state index in [1.807, 2.05) is 6.92 Å². The Labute approximate surface area is 246 Å². The molecule has 0 bridgehead atoms. The number of rotatable bonds is 7. The van der Waals surface area contributed by atoms with Gasteiger partial charge in [0, 0.05) is 30.1 Å². The molecule has 3 aromatic rings. The van der Waals surface area contributed by atoms with Crippen LogP contribution in [0.3, 0.4) is 0 Å². The summed E-state index contributed by atoms with van der Waals surface area (Å²) in [6, 6.07) is 15.4. The first-order valence-corrected chi connectivity index (χ1v) is 14.2. The van der Waals surface area contributed by atoms with Crippen LogP contribution in [0.1, 0.15) is 53.2 Å². The zero-order valence-corrected chi connectivity index (χ0v) is 23.5. The van der Waals surface area contributed by atoms with E-state index in [0.29, 0.717) is 16.9 Å². The number of esters is 1. The minimum absolute atomic E-state index is 0.00474. The maximum atomic E-state index is 13.8. The fourth-order valence-electron chi connectivity index (χ4n) is 5.83. The van der Waals surface area contributed by atoms with Gasteiger partial charge in [-0.3, -0.25) is 9.69 Å². The minimum atomic E-state index is -5.35. The molecular weight excluding hydrogens is 568 g/mol. The number of carbonyl (C=O) groups is 2. The molecule has 228 valence electrons. The summed E-state index contributed by atoms with van der Waals surface area (Å²) in [5, 5.41) is 13.6. The Bertz CT molecular complexity index is 1460. The van der Waals surface area contributed by atoms with Crippen molar-refractivity contribution in [3.05, 3.63) is 94.8 Å². The van der Waals surface area contributed by atoms with Crippen LogP contribution in [0.4, 0.5) is 17.6 Å². The predicted molar refractivity (Wildman–Crippen MR) is 149 cm³/mol. The molecule has 0 radical (unpaired) electrons. The number of hydrogen-bond acceptors (Lipinski definition) is 6. The molecule has 0 aromatic heterocycles. The van der Waals surface area contributed by atoms with Crippen LogP contribution >= 0.6 is 0 Å². The van der Waals surface area contributed by atoms with Crippen LogP contribution < -0.4 is 10.1 Å². The van der Waals surface area contributed by atoms with Crippen LogP contribution in [0.5, 0.6) is 11.5 Å². The summed E-state index contributed by atoms with van der Waals surface area (Å²) in [6.07, 6.45) is -2.43. The molecule has 2 aliphatic heterocycles. The number of benzene rings is 3. The van der Waals surface area contributed by atoms with Gasteiger partial charge in [0.2, 0.25) is 5.72 Å². The molecule has 0 saturated carbocycles. The van der Waals surface area contributed by atoms with Crippen molar-refractivity contribution in [2.45, 2.75) is 63.1 Å². The van der Waals surface area contributed by atoms with Crippen molar-refractivity contribution < 1.29 is 41.7 Å². The van der Waals surface area contributed by atoms with Gasteiger partial charge in [-0.05, 0) is 98.5 Å². The molecule has 0 aliphatic carbocycles. The summed E-state index contributed by atoms with van der Waals surface area (Å²) < 4.78 is 66.1. The summed E-state index contributed by atoms with van der Waals surface area (Å²) in [5.74, 6) is -3.39. The highest BCUT2D eigenvalue weighted by atomic mass is 19.4. The Morgan fingerprint density at radius 1 is 1.07 bits per heavy atom. The highest BCUT2D eigenvalue weighted by Crippen LogP contribution is 2.43. The monoisotopic (exact) mass is 600 g/mol. The number of aromatic hydroxyl groups is 1. The third-order valence-corrected chi connectivity index (χ3v) is 7.98. The van der Waals surface area contributed by atoms with Crippen molar-refractivity contribution in [3.63, 3.8) is 0 Å². The molecule has 43 heavy (non-hydrogen) atoms. The van der Waals surface area contributed by atoms with Crippen LogP contribution in [0.2, 0.25) is 0 Å². The zero-order chi connectivity index (χ0) is 30.8. The molecular formula is C32H32F4N2O5. The van der Waals surface area contributed by atoms with E-state index in [2.05, 4.69) is 5.32 Å². The second kappa shape index (κ2) is 12.2. The van der Waals surface area contributed by atoms with Gasteiger partial charge in [-0.1, -0.05) is 18.6 Å². The number of nitrogens with one attached hydrogen (secondary N) is 1. The molecule has 1 amide bonds. The summed E-state index contributed by atoms with van der Waals surface area (Å²) >= 11 is 0. The van der Waals surface area contributed by atoms with Gasteiger partial charge in [0.15, 0.2) is 0 Å². The molecule has 3 aromatic carbocycles. The number of fused-ring (bicyclic) bond motifs is 1. The number of phenolic OH excluding ortho intramolecular Hbond substituents is 1. The molecule has 2 aliphatic rings. The smallest absolute Gasteiger partial charge is 0.491 e.